The Hall–Kier alpha value is -2.89. The minimum Gasteiger partial charge on any atom is -0.383 e. The molecule has 0 saturated heterocycles. The van der Waals surface area contributed by atoms with E-state index in [0.29, 0.717) is 18.7 Å². The molecule has 6 nitrogen and oxygen atoms in total. The van der Waals surface area contributed by atoms with Crippen LogP contribution >= 0.6 is 0 Å². The van der Waals surface area contributed by atoms with Crippen molar-refractivity contribution in [2.75, 3.05) is 18.4 Å². The van der Waals surface area contributed by atoms with Crippen LogP contribution in [0, 0.1) is 10.1 Å². The van der Waals surface area contributed by atoms with E-state index in [1.54, 1.807) is 12.1 Å². The van der Waals surface area contributed by atoms with E-state index >= 15 is 0 Å². The fourth-order valence-electron chi connectivity index (χ4n) is 3.06. The molecule has 0 bridgehead atoms. The van der Waals surface area contributed by atoms with Gasteiger partial charge >= 0.3 is 0 Å². The molecule has 2 aromatic rings. The summed E-state index contributed by atoms with van der Waals surface area (Å²) in [7, 11) is 0. The molecule has 6 heteroatoms. The lowest BCUT2D eigenvalue weighted by Gasteiger charge is -2.16. The van der Waals surface area contributed by atoms with Gasteiger partial charge in [0.15, 0.2) is 0 Å². The van der Waals surface area contributed by atoms with Gasteiger partial charge in [-0.3, -0.25) is 14.9 Å². The third-order valence-corrected chi connectivity index (χ3v) is 4.43. The number of rotatable bonds is 6. The highest BCUT2D eigenvalue weighted by Gasteiger charge is 2.12. The standard InChI is InChI=1S/C19H21N3O3/c23-19(16-6-5-14-3-1-2-4-15(14)13-16)21-12-11-20-17-7-9-18(10-8-17)22(24)25/h5-10,13,20H,1-4,11-12H2,(H,21,23). The maximum Gasteiger partial charge on any atom is 0.269 e. The number of hydrogen-bond donors (Lipinski definition) is 2. The number of nitro benzene ring substituents is 1. The number of benzene rings is 2. The number of nitro groups is 1. The summed E-state index contributed by atoms with van der Waals surface area (Å²) in [6.07, 6.45) is 4.58. The first-order valence-corrected chi connectivity index (χ1v) is 8.52. The molecule has 3 rings (SSSR count). The molecule has 0 unspecified atom stereocenters. The second-order valence-electron chi connectivity index (χ2n) is 6.18. The second kappa shape index (κ2) is 7.79. The zero-order chi connectivity index (χ0) is 17.6. The lowest BCUT2D eigenvalue weighted by molar-refractivity contribution is -0.384. The van der Waals surface area contributed by atoms with Gasteiger partial charge in [0.1, 0.15) is 0 Å². The summed E-state index contributed by atoms with van der Waals surface area (Å²) in [4.78, 5) is 22.4. The molecule has 1 aliphatic carbocycles. The number of anilines is 1. The van der Waals surface area contributed by atoms with Gasteiger partial charge in [-0.25, -0.2) is 0 Å². The Bertz CT molecular complexity index is 772. The van der Waals surface area contributed by atoms with Crippen LogP contribution in [0.2, 0.25) is 0 Å². The average Bonchev–Trinajstić information content (AvgIpc) is 2.65. The minimum absolute atomic E-state index is 0.0614. The van der Waals surface area contributed by atoms with Crippen molar-refractivity contribution in [2.45, 2.75) is 25.7 Å². The molecule has 2 N–H and O–H groups in total. The summed E-state index contributed by atoms with van der Waals surface area (Å²) in [6.45, 7) is 1.03. The van der Waals surface area contributed by atoms with Crippen LogP contribution in [-0.2, 0) is 12.8 Å². The third-order valence-electron chi connectivity index (χ3n) is 4.43. The number of amides is 1. The zero-order valence-corrected chi connectivity index (χ0v) is 14.0. The van der Waals surface area contributed by atoms with E-state index < -0.39 is 4.92 Å². The smallest absolute Gasteiger partial charge is 0.269 e. The lowest BCUT2D eigenvalue weighted by atomic mass is 9.90. The molecule has 0 fully saturated rings. The Morgan fingerprint density at radius 2 is 1.72 bits per heavy atom. The van der Waals surface area contributed by atoms with Crippen LogP contribution in [0.1, 0.15) is 34.3 Å². The Balaban J connectivity index is 1.47. The monoisotopic (exact) mass is 339 g/mol. The first kappa shape index (κ1) is 17.0. The number of aryl methyl sites for hydroxylation is 2. The van der Waals surface area contributed by atoms with Crippen LogP contribution < -0.4 is 10.6 Å². The Labute approximate surface area is 146 Å². The van der Waals surface area contributed by atoms with E-state index in [1.165, 1.54) is 36.1 Å². The summed E-state index contributed by atoms with van der Waals surface area (Å²) in [5.41, 5.74) is 4.21. The van der Waals surface area contributed by atoms with Crippen molar-refractivity contribution in [3.8, 4) is 0 Å². The molecule has 0 saturated carbocycles. The Morgan fingerprint density at radius 3 is 2.44 bits per heavy atom. The van der Waals surface area contributed by atoms with Crippen LogP contribution in [0.15, 0.2) is 42.5 Å². The number of carbonyl (C=O) groups is 1. The van der Waals surface area contributed by atoms with Crippen LogP contribution in [-0.4, -0.2) is 23.9 Å². The van der Waals surface area contributed by atoms with Crippen molar-refractivity contribution in [3.63, 3.8) is 0 Å². The topological polar surface area (TPSA) is 84.3 Å². The molecule has 0 heterocycles. The quantitative estimate of drug-likeness (QED) is 0.480. The van der Waals surface area contributed by atoms with Crippen LogP contribution in [0.25, 0.3) is 0 Å². The lowest BCUT2D eigenvalue weighted by Crippen LogP contribution is -2.29. The summed E-state index contributed by atoms with van der Waals surface area (Å²) in [6, 6.07) is 12.2. The first-order valence-electron chi connectivity index (χ1n) is 8.52. The number of non-ortho nitro benzene ring substituents is 1. The van der Waals surface area contributed by atoms with Crippen molar-refractivity contribution >= 4 is 17.3 Å². The molecule has 0 radical (unpaired) electrons. The van der Waals surface area contributed by atoms with Crippen molar-refractivity contribution < 1.29 is 9.72 Å². The molecule has 1 amide bonds. The van der Waals surface area contributed by atoms with E-state index in [4.69, 9.17) is 0 Å². The molecule has 130 valence electrons. The van der Waals surface area contributed by atoms with E-state index in [0.717, 1.165) is 18.5 Å². The number of fused-ring (bicyclic) bond motifs is 1. The van der Waals surface area contributed by atoms with Gasteiger partial charge in [-0.05, 0) is 61.1 Å². The van der Waals surface area contributed by atoms with Crippen molar-refractivity contribution in [1.82, 2.24) is 5.32 Å². The Morgan fingerprint density at radius 1 is 1.00 bits per heavy atom. The summed E-state index contributed by atoms with van der Waals surface area (Å²) < 4.78 is 0. The van der Waals surface area contributed by atoms with Crippen molar-refractivity contribution in [1.29, 1.82) is 0 Å². The predicted octanol–water partition coefficient (Wildman–Crippen LogP) is 3.32. The van der Waals surface area contributed by atoms with Gasteiger partial charge in [-0.1, -0.05) is 6.07 Å². The van der Waals surface area contributed by atoms with Gasteiger partial charge in [0.2, 0.25) is 0 Å². The third kappa shape index (κ3) is 4.35. The normalized spacial score (nSPS) is 13.0. The largest absolute Gasteiger partial charge is 0.383 e. The number of carbonyl (C=O) groups excluding carboxylic acids is 1. The molecule has 0 spiro atoms. The molecule has 25 heavy (non-hydrogen) atoms. The van der Waals surface area contributed by atoms with E-state index in [-0.39, 0.29) is 11.6 Å². The number of hydrogen-bond acceptors (Lipinski definition) is 4. The van der Waals surface area contributed by atoms with Gasteiger partial charge < -0.3 is 10.6 Å². The molecular formula is C19H21N3O3. The van der Waals surface area contributed by atoms with E-state index in [1.807, 2.05) is 12.1 Å². The summed E-state index contributed by atoms with van der Waals surface area (Å²) in [5, 5.41) is 16.6. The van der Waals surface area contributed by atoms with Gasteiger partial charge in [0, 0.05) is 36.5 Å². The number of nitrogens with zero attached hydrogens (tertiary/aromatic N) is 1. The van der Waals surface area contributed by atoms with E-state index in [9.17, 15) is 14.9 Å². The minimum atomic E-state index is -0.428. The van der Waals surface area contributed by atoms with Crippen LogP contribution in [0.4, 0.5) is 11.4 Å². The SMILES string of the molecule is O=C(NCCNc1ccc([N+](=O)[O-])cc1)c1ccc2c(c1)CCCC2. The first-order chi connectivity index (χ1) is 12.1. The average molecular weight is 339 g/mol. The van der Waals surface area contributed by atoms with Gasteiger partial charge in [0.25, 0.3) is 11.6 Å². The summed E-state index contributed by atoms with van der Waals surface area (Å²) in [5.74, 6) is -0.0705. The predicted molar refractivity (Wildman–Crippen MR) is 97.0 cm³/mol. The fraction of sp³-hybridized carbons (Fsp3) is 0.316. The molecule has 0 atom stereocenters. The second-order valence-corrected chi connectivity index (χ2v) is 6.18. The highest BCUT2D eigenvalue weighted by Crippen LogP contribution is 2.22. The van der Waals surface area contributed by atoms with Gasteiger partial charge in [0.05, 0.1) is 4.92 Å². The maximum atomic E-state index is 12.2. The van der Waals surface area contributed by atoms with E-state index in [2.05, 4.69) is 16.7 Å². The van der Waals surface area contributed by atoms with Crippen molar-refractivity contribution in [3.05, 3.63) is 69.3 Å². The van der Waals surface area contributed by atoms with Crippen LogP contribution in [0.5, 0.6) is 0 Å². The Kier molecular flexibility index (Phi) is 5.28. The molecule has 2 aromatic carbocycles. The van der Waals surface area contributed by atoms with Gasteiger partial charge in [-0.15, -0.1) is 0 Å². The molecule has 0 aromatic heterocycles. The highest BCUT2D eigenvalue weighted by atomic mass is 16.6. The number of nitrogens with one attached hydrogen (secondary N) is 2. The zero-order valence-electron chi connectivity index (χ0n) is 14.0. The van der Waals surface area contributed by atoms with Crippen molar-refractivity contribution in [2.24, 2.45) is 0 Å². The fourth-order valence-corrected chi connectivity index (χ4v) is 3.06. The molecule has 1 aliphatic rings. The maximum absolute atomic E-state index is 12.2. The van der Waals surface area contributed by atoms with Gasteiger partial charge in [-0.2, -0.15) is 0 Å². The molecular weight excluding hydrogens is 318 g/mol. The molecule has 0 aliphatic heterocycles. The summed E-state index contributed by atoms with van der Waals surface area (Å²) >= 11 is 0. The van der Waals surface area contributed by atoms with Crippen LogP contribution in [0.3, 0.4) is 0 Å². The highest BCUT2D eigenvalue weighted by molar-refractivity contribution is 5.94.